The standard InChI is InChI=1S/C21H27N5O/c1-14-5-4-6-19(16(14)3)25-9-11-26(12-10-25)20(27)18-13-15(2)22-21(24-18)23-17-7-8-17/h4-6,13,17H,7-12H2,1-3H3,(H,22,23,24). The topological polar surface area (TPSA) is 61.4 Å². The van der Waals surface area contributed by atoms with Crippen LogP contribution in [0.25, 0.3) is 0 Å². The Hall–Kier alpha value is -2.63. The summed E-state index contributed by atoms with van der Waals surface area (Å²) >= 11 is 0. The van der Waals surface area contributed by atoms with E-state index in [1.165, 1.54) is 16.8 Å². The van der Waals surface area contributed by atoms with Crippen LogP contribution < -0.4 is 10.2 Å². The first kappa shape index (κ1) is 17.8. The van der Waals surface area contributed by atoms with E-state index in [-0.39, 0.29) is 5.91 Å². The van der Waals surface area contributed by atoms with Gasteiger partial charge in [0.25, 0.3) is 5.91 Å². The van der Waals surface area contributed by atoms with Crippen LogP contribution in [0, 0.1) is 20.8 Å². The van der Waals surface area contributed by atoms with Crippen molar-refractivity contribution >= 4 is 17.5 Å². The van der Waals surface area contributed by atoms with E-state index in [1.807, 2.05) is 11.8 Å². The van der Waals surface area contributed by atoms with Crippen molar-refractivity contribution < 1.29 is 4.79 Å². The van der Waals surface area contributed by atoms with Crippen molar-refractivity contribution in [3.8, 4) is 0 Å². The van der Waals surface area contributed by atoms with Crippen LogP contribution in [0.1, 0.15) is 40.2 Å². The molecule has 1 saturated carbocycles. The van der Waals surface area contributed by atoms with Crippen LogP contribution in [-0.2, 0) is 0 Å². The number of nitrogens with one attached hydrogen (secondary N) is 1. The van der Waals surface area contributed by atoms with Gasteiger partial charge in [-0.3, -0.25) is 4.79 Å². The molecule has 27 heavy (non-hydrogen) atoms. The first-order valence-corrected chi connectivity index (χ1v) is 9.74. The molecule has 1 N–H and O–H groups in total. The zero-order valence-corrected chi connectivity index (χ0v) is 16.3. The number of hydrogen-bond acceptors (Lipinski definition) is 5. The number of rotatable bonds is 4. The number of nitrogens with zero attached hydrogens (tertiary/aromatic N) is 4. The Bertz CT molecular complexity index is 854. The van der Waals surface area contributed by atoms with Crippen LogP contribution >= 0.6 is 0 Å². The van der Waals surface area contributed by atoms with Gasteiger partial charge in [0, 0.05) is 43.6 Å². The number of hydrogen-bond donors (Lipinski definition) is 1. The minimum Gasteiger partial charge on any atom is -0.368 e. The predicted octanol–water partition coefficient (Wildman–Crippen LogP) is 2.94. The van der Waals surface area contributed by atoms with Gasteiger partial charge < -0.3 is 15.1 Å². The molecule has 1 aliphatic carbocycles. The molecule has 0 bridgehead atoms. The quantitative estimate of drug-likeness (QED) is 0.903. The van der Waals surface area contributed by atoms with Gasteiger partial charge in [-0.25, -0.2) is 9.97 Å². The summed E-state index contributed by atoms with van der Waals surface area (Å²) in [7, 11) is 0. The fourth-order valence-electron chi connectivity index (χ4n) is 3.54. The van der Waals surface area contributed by atoms with Crippen LogP contribution in [-0.4, -0.2) is 53.0 Å². The Kier molecular flexibility index (Phi) is 4.72. The summed E-state index contributed by atoms with van der Waals surface area (Å²) in [5.41, 5.74) is 5.21. The van der Waals surface area contributed by atoms with Crippen molar-refractivity contribution in [2.75, 3.05) is 36.4 Å². The van der Waals surface area contributed by atoms with Gasteiger partial charge in [-0.2, -0.15) is 0 Å². The molecule has 1 aromatic heterocycles. The summed E-state index contributed by atoms with van der Waals surface area (Å²) < 4.78 is 0. The Morgan fingerprint density at radius 3 is 2.52 bits per heavy atom. The second-order valence-corrected chi connectivity index (χ2v) is 7.64. The van der Waals surface area contributed by atoms with Crippen molar-refractivity contribution in [1.82, 2.24) is 14.9 Å². The zero-order valence-electron chi connectivity index (χ0n) is 16.3. The molecule has 2 heterocycles. The van der Waals surface area contributed by atoms with Crippen molar-refractivity contribution in [2.45, 2.75) is 39.7 Å². The first-order valence-electron chi connectivity index (χ1n) is 9.74. The number of benzene rings is 1. The predicted molar refractivity (Wildman–Crippen MR) is 107 cm³/mol. The maximum Gasteiger partial charge on any atom is 0.272 e. The molecule has 0 spiro atoms. The van der Waals surface area contributed by atoms with Gasteiger partial charge in [-0.05, 0) is 56.9 Å². The Labute approximate surface area is 160 Å². The van der Waals surface area contributed by atoms with Crippen molar-refractivity contribution in [1.29, 1.82) is 0 Å². The molecule has 6 heteroatoms. The number of piperazine rings is 1. The van der Waals surface area contributed by atoms with E-state index >= 15 is 0 Å². The zero-order chi connectivity index (χ0) is 19.0. The summed E-state index contributed by atoms with van der Waals surface area (Å²) in [6, 6.07) is 8.67. The van der Waals surface area contributed by atoms with E-state index in [0.29, 0.717) is 30.8 Å². The molecule has 2 aromatic rings. The lowest BCUT2D eigenvalue weighted by molar-refractivity contribution is 0.0740. The minimum atomic E-state index is -0.0000360. The highest BCUT2D eigenvalue weighted by molar-refractivity contribution is 5.93. The van der Waals surface area contributed by atoms with Gasteiger partial charge in [0.1, 0.15) is 5.69 Å². The van der Waals surface area contributed by atoms with E-state index in [4.69, 9.17) is 0 Å². The summed E-state index contributed by atoms with van der Waals surface area (Å²) in [6.07, 6.45) is 2.31. The molecule has 1 amide bonds. The third-order valence-corrected chi connectivity index (χ3v) is 5.47. The monoisotopic (exact) mass is 365 g/mol. The Morgan fingerprint density at radius 1 is 1.07 bits per heavy atom. The van der Waals surface area contributed by atoms with Gasteiger partial charge >= 0.3 is 0 Å². The van der Waals surface area contributed by atoms with Gasteiger partial charge in [0.05, 0.1) is 0 Å². The molecular weight excluding hydrogens is 338 g/mol. The van der Waals surface area contributed by atoms with Gasteiger partial charge in [-0.1, -0.05) is 12.1 Å². The highest BCUT2D eigenvalue weighted by atomic mass is 16.2. The fraction of sp³-hybridized carbons (Fsp3) is 0.476. The summed E-state index contributed by atoms with van der Waals surface area (Å²) in [5, 5.41) is 3.29. The van der Waals surface area contributed by atoms with Crippen LogP contribution in [0.3, 0.4) is 0 Å². The number of amides is 1. The maximum absolute atomic E-state index is 13.0. The Morgan fingerprint density at radius 2 is 1.81 bits per heavy atom. The van der Waals surface area contributed by atoms with E-state index in [2.05, 4.69) is 52.2 Å². The molecule has 0 unspecified atom stereocenters. The number of aromatic nitrogens is 2. The van der Waals surface area contributed by atoms with Gasteiger partial charge in [-0.15, -0.1) is 0 Å². The molecule has 142 valence electrons. The van der Waals surface area contributed by atoms with Crippen LogP contribution in [0.4, 0.5) is 11.6 Å². The maximum atomic E-state index is 13.0. The molecule has 1 aliphatic heterocycles. The van der Waals surface area contributed by atoms with E-state index in [1.54, 1.807) is 6.07 Å². The molecule has 0 atom stereocenters. The normalized spacial score (nSPS) is 17.1. The van der Waals surface area contributed by atoms with E-state index in [0.717, 1.165) is 31.6 Å². The molecule has 4 rings (SSSR count). The summed E-state index contributed by atoms with van der Waals surface area (Å²) in [4.78, 5) is 26.1. The third kappa shape index (κ3) is 3.89. The number of carbonyl (C=O) groups is 1. The molecule has 1 aromatic carbocycles. The Balaban J connectivity index is 1.44. The molecule has 1 saturated heterocycles. The largest absolute Gasteiger partial charge is 0.368 e. The minimum absolute atomic E-state index is 0.0000360. The van der Waals surface area contributed by atoms with Gasteiger partial charge in [0.2, 0.25) is 5.95 Å². The van der Waals surface area contributed by atoms with Crippen LogP contribution in [0.2, 0.25) is 0 Å². The first-order chi connectivity index (χ1) is 13.0. The number of aryl methyl sites for hydroxylation is 2. The average Bonchev–Trinajstić information content (AvgIpc) is 3.47. The molecule has 0 radical (unpaired) electrons. The number of anilines is 2. The summed E-state index contributed by atoms with van der Waals surface area (Å²) in [5.74, 6) is 0.579. The number of carbonyl (C=O) groups excluding carboxylic acids is 1. The highest BCUT2D eigenvalue weighted by Gasteiger charge is 2.26. The van der Waals surface area contributed by atoms with Crippen LogP contribution in [0.15, 0.2) is 24.3 Å². The van der Waals surface area contributed by atoms with Crippen LogP contribution in [0.5, 0.6) is 0 Å². The van der Waals surface area contributed by atoms with E-state index in [9.17, 15) is 4.79 Å². The SMILES string of the molecule is Cc1cc(C(=O)N2CCN(c3cccc(C)c3C)CC2)nc(NC2CC2)n1. The third-order valence-electron chi connectivity index (χ3n) is 5.47. The van der Waals surface area contributed by atoms with E-state index < -0.39 is 0 Å². The second-order valence-electron chi connectivity index (χ2n) is 7.64. The average molecular weight is 365 g/mol. The van der Waals surface area contributed by atoms with Crippen molar-refractivity contribution in [3.63, 3.8) is 0 Å². The lowest BCUT2D eigenvalue weighted by atomic mass is 10.1. The highest BCUT2D eigenvalue weighted by Crippen LogP contribution is 2.25. The fourth-order valence-corrected chi connectivity index (χ4v) is 3.54. The summed E-state index contributed by atoms with van der Waals surface area (Å²) in [6.45, 7) is 9.32. The molecule has 6 nitrogen and oxygen atoms in total. The van der Waals surface area contributed by atoms with Crippen molar-refractivity contribution in [3.05, 3.63) is 46.8 Å². The molecular formula is C21H27N5O. The molecule has 2 aliphatic rings. The lowest BCUT2D eigenvalue weighted by Crippen LogP contribution is -2.49. The van der Waals surface area contributed by atoms with Gasteiger partial charge in [0.15, 0.2) is 0 Å². The van der Waals surface area contributed by atoms with Crippen molar-refractivity contribution in [2.24, 2.45) is 0 Å². The molecule has 2 fully saturated rings. The lowest BCUT2D eigenvalue weighted by Gasteiger charge is -2.37. The second kappa shape index (κ2) is 7.18. The smallest absolute Gasteiger partial charge is 0.272 e.